The van der Waals surface area contributed by atoms with Crippen LogP contribution in [0.15, 0.2) is 18.2 Å². The lowest BCUT2D eigenvalue weighted by Crippen LogP contribution is -2.43. The molecule has 1 atom stereocenters. The molecule has 0 saturated heterocycles. The molecule has 1 aliphatic rings. The topological polar surface area (TPSA) is 75.6 Å². The minimum absolute atomic E-state index is 0.170. The van der Waals surface area contributed by atoms with Crippen LogP contribution in [-0.4, -0.2) is 29.6 Å². The van der Waals surface area contributed by atoms with E-state index in [9.17, 15) is 9.59 Å². The average Bonchev–Trinajstić information content (AvgIpc) is 3.23. The second kappa shape index (κ2) is 6.61. The van der Waals surface area contributed by atoms with Crippen LogP contribution in [0.1, 0.15) is 30.4 Å². The van der Waals surface area contributed by atoms with Crippen molar-refractivity contribution in [1.82, 2.24) is 5.32 Å². The Kier molecular flexibility index (Phi) is 4.83. The monoisotopic (exact) mass is 291 g/mol. The van der Waals surface area contributed by atoms with Gasteiger partial charge >= 0.3 is 5.97 Å². The number of carboxylic acid groups (broad SMARTS) is 1. The minimum atomic E-state index is -0.985. The molecule has 1 fully saturated rings. The molecule has 2 rings (SSSR count). The largest absolute Gasteiger partial charge is 0.484 e. The predicted octanol–water partition coefficient (Wildman–Crippen LogP) is 2.05. The maximum atomic E-state index is 11.8. The third kappa shape index (κ3) is 4.77. The molecule has 1 unspecified atom stereocenters. The molecule has 5 heteroatoms. The lowest BCUT2D eigenvalue weighted by Gasteiger charge is -2.14. The van der Waals surface area contributed by atoms with E-state index in [1.807, 2.05) is 26.0 Å². The fraction of sp³-hybridized carbons (Fsp3) is 0.500. The Labute approximate surface area is 124 Å². The summed E-state index contributed by atoms with van der Waals surface area (Å²) in [6.45, 7) is 3.80. The van der Waals surface area contributed by atoms with E-state index < -0.39 is 17.9 Å². The molecule has 0 bridgehead atoms. The average molecular weight is 291 g/mol. The molecule has 0 heterocycles. The zero-order chi connectivity index (χ0) is 15.4. The highest BCUT2D eigenvalue weighted by Crippen LogP contribution is 2.33. The quantitative estimate of drug-likeness (QED) is 0.806. The molecule has 1 aromatic rings. The number of carboxylic acids is 1. The summed E-state index contributed by atoms with van der Waals surface area (Å²) in [6, 6.07) is 4.78. The van der Waals surface area contributed by atoms with Crippen molar-refractivity contribution in [3.8, 4) is 5.75 Å². The Morgan fingerprint density at radius 3 is 2.62 bits per heavy atom. The highest BCUT2D eigenvalue weighted by Gasteiger charge is 2.30. The molecule has 1 saturated carbocycles. The molecule has 114 valence electrons. The number of carbonyl (C=O) groups excluding carboxylic acids is 1. The Balaban J connectivity index is 1.82. The first kappa shape index (κ1) is 15.4. The van der Waals surface area contributed by atoms with Crippen molar-refractivity contribution in [3.05, 3.63) is 29.3 Å². The van der Waals surface area contributed by atoms with E-state index in [1.54, 1.807) is 6.07 Å². The van der Waals surface area contributed by atoms with E-state index in [-0.39, 0.29) is 6.61 Å². The Morgan fingerprint density at radius 1 is 1.33 bits per heavy atom. The number of hydrogen-bond donors (Lipinski definition) is 2. The maximum Gasteiger partial charge on any atom is 0.326 e. The van der Waals surface area contributed by atoms with Gasteiger partial charge in [-0.15, -0.1) is 0 Å². The van der Waals surface area contributed by atoms with Crippen molar-refractivity contribution in [2.75, 3.05) is 6.61 Å². The van der Waals surface area contributed by atoms with Crippen LogP contribution >= 0.6 is 0 Å². The fourth-order valence-electron chi connectivity index (χ4n) is 2.10. The summed E-state index contributed by atoms with van der Waals surface area (Å²) in [4.78, 5) is 22.9. The normalized spacial score (nSPS) is 15.3. The number of amides is 1. The van der Waals surface area contributed by atoms with Gasteiger partial charge in [-0.25, -0.2) is 4.79 Å². The van der Waals surface area contributed by atoms with Crippen molar-refractivity contribution in [3.63, 3.8) is 0 Å². The minimum Gasteiger partial charge on any atom is -0.484 e. The van der Waals surface area contributed by atoms with Crippen LogP contribution < -0.4 is 10.1 Å². The van der Waals surface area contributed by atoms with Crippen molar-refractivity contribution >= 4 is 11.9 Å². The molecule has 1 aromatic carbocycles. The van der Waals surface area contributed by atoms with E-state index in [2.05, 4.69) is 5.32 Å². The van der Waals surface area contributed by atoms with Crippen molar-refractivity contribution < 1.29 is 19.4 Å². The number of hydrogen-bond acceptors (Lipinski definition) is 3. The lowest BCUT2D eigenvalue weighted by atomic mass is 10.1. The van der Waals surface area contributed by atoms with Gasteiger partial charge in [0.15, 0.2) is 6.61 Å². The number of aliphatic carboxylic acids is 1. The molecule has 5 nitrogen and oxygen atoms in total. The smallest absolute Gasteiger partial charge is 0.326 e. The maximum absolute atomic E-state index is 11.8. The van der Waals surface area contributed by atoms with Gasteiger partial charge < -0.3 is 15.2 Å². The standard InChI is InChI=1S/C16H21NO4/c1-10-3-6-13(7-11(10)2)21-9-15(18)17-14(16(19)20)8-12-4-5-12/h3,6-7,12,14H,4-5,8-9H2,1-2H3,(H,17,18)(H,19,20). The number of rotatable bonds is 7. The van der Waals surface area contributed by atoms with Crippen LogP contribution in [0.4, 0.5) is 0 Å². The lowest BCUT2D eigenvalue weighted by molar-refractivity contribution is -0.142. The fourth-order valence-corrected chi connectivity index (χ4v) is 2.10. The summed E-state index contributed by atoms with van der Waals surface area (Å²) >= 11 is 0. The van der Waals surface area contributed by atoms with Crippen molar-refractivity contribution in [2.24, 2.45) is 5.92 Å². The van der Waals surface area contributed by atoms with Gasteiger partial charge in [0, 0.05) is 0 Å². The van der Waals surface area contributed by atoms with E-state index >= 15 is 0 Å². The molecular weight excluding hydrogens is 270 g/mol. The third-order valence-corrected chi connectivity index (χ3v) is 3.75. The number of aryl methyl sites for hydroxylation is 2. The van der Waals surface area contributed by atoms with Gasteiger partial charge in [0.1, 0.15) is 11.8 Å². The third-order valence-electron chi connectivity index (χ3n) is 3.75. The van der Waals surface area contributed by atoms with E-state index in [1.165, 1.54) is 0 Å². The SMILES string of the molecule is Cc1ccc(OCC(=O)NC(CC2CC2)C(=O)O)cc1C. The molecule has 2 N–H and O–H groups in total. The summed E-state index contributed by atoms with van der Waals surface area (Å²) in [5, 5.41) is 11.6. The second-order valence-corrected chi connectivity index (χ2v) is 5.67. The first-order valence-electron chi connectivity index (χ1n) is 7.18. The van der Waals surface area contributed by atoms with Gasteiger partial charge in [0.05, 0.1) is 0 Å². The van der Waals surface area contributed by atoms with Crippen LogP contribution in [0.25, 0.3) is 0 Å². The van der Waals surface area contributed by atoms with Gasteiger partial charge in [-0.05, 0) is 49.4 Å². The van der Waals surface area contributed by atoms with Gasteiger partial charge in [-0.2, -0.15) is 0 Å². The highest BCUT2D eigenvalue weighted by atomic mass is 16.5. The zero-order valence-electron chi connectivity index (χ0n) is 12.4. The molecule has 1 aliphatic carbocycles. The number of benzene rings is 1. The Morgan fingerprint density at radius 2 is 2.05 bits per heavy atom. The van der Waals surface area contributed by atoms with Gasteiger partial charge in [0.25, 0.3) is 5.91 Å². The molecule has 0 aliphatic heterocycles. The summed E-state index contributed by atoms with van der Waals surface area (Å²) in [7, 11) is 0. The van der Waals surface area contributed by atoms with Gasteiger partial charge in [-0.3, -0.25) is 4.79 Å². The molecule has 1 amide bonds. The van der Waals surface area contributed by atoms with Gasteiger partial charge in [-0.1, -0.05) is 18.9 Å². The van der Waals surface area contributed by atoms with Crippen molar-refractivity contribution in [2.45, 2.75) is 39.2 Å². The van der Waals surface area contributed by atoms with Crippen LogP contribution in [-0.2, 0) is 9.59 Å². The second-order valence-electron chi connectivity index (χ2n) is 5.67. The molecule has 0 spiro atoms. The summed E-state index contributed by atoms with van der Waals surface area (Å²) in [5.41, 5.74) is 2.24. The zero-order valence-corrected chi connectivity index (χ0v) is 12.4. The number of nitrogens with one attached hydrogen (secondary N) is 1. The number of carbonyl (C=O) groups is 2. The van der Waals surface area contributed by atoms with Crippen LogP contribution in [0.5, 0.6) is 5.75 Å². The molecule has 21 heavy (non-hydrogen) atoms. The predicted molar refractivity (Wildman–Crippen MR) is 78.3 cm³/mol. The Bertz CT molecular complexity index is 537. The van der Waals surface area contributed by atoms with E-state index in [0.29, 0.717) is 18.1 Å². The Hall–Kier alpha value is -2.04. The highest BCUT2D eigenvalue weighted by molar-refractivity contribution is 5.84. The molecule has 0 aromatic heterocycles. The first-order valence-corrected chi connectivity index (χ1v) is 7.18. The van der Waals surface area contributed by atoms with Crippen molar-refractivity contribution in [1.29, 1.82) is 0 Å². The number of ether oxygens (including phenoxy) is 1. The summed E-state index contributed by atoms with van der Waals surface area (Å²) in [6.07, 6.45) is 2.61. The van der Waals surface area contributed by atoms with E-state index in [0.717, 1.165) is 24.0 Å². The molecule has 0 radical (unpaired) electrons. The summed E-state index contributed by atoms with van der Waals surface area (Å²) < 4.78 is 5.40. The first-order chi connectivity index (χ1) is 9.95. The molecular formula is C16H21NO4. The van der Waals surface area contributed by atoms with Crippen LogP contribution in [0.2, 0.25) is 0 Å². The summed E-state index contributed by atoms with van der Waals surface area (Å²) in [5.74, 6) is -0.336. The van der Waals surface area contributed by atoms with E-state index in [4.69, 9.17) is 9.84 Å². The van der Waals surface area contributed by atoms with Crippen LogP contribution in [0, 0.1) is 19.8 Å². The van der Waals surface area contributed by atoms with Crippen LogP contribution in [0.3, 0.4) is 0 Å². The van der Waals surface area contributed by atoms with Gasteiger partial charge in [0.2, 0.25) is 0 Å².